The highest BCUT2D eigenvalue weighted by atomic mass is 14.2. The Morgan fingerprint density at radius 2 is 0.917 bits per heavy atom. The Morgan fingerprint density at radius 3 is 1.33 bits per heavy atom. The van der Waals surface area contributed by atoms with E-state index < -0.39 is 0 Å². The fourth-order valence-electron chi connectivity index (χ4n) is 3.59. The van der Waals surface area contributed by atoms with Gasteiger partial charge in [-0.15, -0.1) is 0 Å². The molecule has 0 fully saturated rings. The van der Waals surface area contributed by atoms with Crippen molar-refractivity contribution in [2.45, 2.75) is 143 Å². The van der Waals surface area contributed by atoms with E-state index in [2.05, 4.69) is 27.7 Å². The topological polar surface area (TPSA) is 0 Å². The van der Waals surface area contributed by atoms with Gasteiger partial charge in [0, 0.05) is 0 Å². The largest absolute Gasteiger partial charge is 0.0654 e. The molecular formula is C24H49. The molecule has 0 N–H and O–H groups in total. The van der Waals surface area contributed by atoms with E-state index >= 15 is 0 Å². The van der Waals surface area contributed by atoms with E-state index in [1.807, 2.05) is 0 Å². The first-order chi connectivity index (χ1) is 11.7. The van der Waals surface area contributed by atoms with Crippen LogP contribution in [0.4, 0.5) is 0 Å². The summed E-state index contributed by atoms with van der Waals surface area (Å²) in [7, 11) is 0. The summed E-state index contributed by atoms with van der Waals surface area (Å²) in [4.78, 5) is 0. The Balaban J connectivity index is 3.17. The quantitative estimate of drug-likeness (QED) is 0.206. The summed E-state index contributed by atoms with van der Waals surface area (Å²) < 4.78 is 0. The average molecular weight is 338 g/mol. The molecule has 1 atom stereocenters. The number of unbranched alkanes of at least 4 members (excludes halogenated alkanes) is 14. The fraction of sp³-hybridized carbons (Fsp3) is 0.958. The van der Waals surface area contributed by atoms with Crippen molar-refractivity contribution in [3.8, 4) is 0 Å². The minimum absolute atomic E-state index is 0.855. The lowest BCUT2D eigenvalue weighted by molar-refractivity contribution is 0.466. The molecule has 0 aliphatic heterocycles. The molecule has 0 rings (SSSR count). The molecule has 0 nitrogen and oxygen atoms in total. The van der Waals surface area contributed by atoms with Crippen molar-refractivity contribution in [3.63, 3.8) is 0 Å². The van der Waals surface area contributed by atoms with Crippen LogP contribution >= 0.6 is 0 Å². The molecule has 0 saturated heterocycles. The lowest BCUT2D eigenvalue weighted by Gasteiger charge is -2.18. The molecule has 0 saturated carbocycles. The molecule has 1 radical (unpaired) electrons. The molecule has 0 aromatic heterocycles. The van der Waals surface area contributed by atoms with Gasteiger partial charge in [0.25, 0.3) is 0 Å². The molecule has 0 heteroatoms. The lowest BCUT2D eigenvalue weighted by Crippen LogP contribution is -2.05. The zero-order valence-corrected chi connectivity index (χ0v) is 17.8. The van der Waals surface area contributed by atoms with Gasteiger partial charge in [-0.1, -0.05) is 137 Å². The van der Waals surface area contributed by atoms with Crippen molar-refractivity contribution in [3.05, 3.63) is 5.92 Å². The highest BCUT2D eigenvalue weighted by Gasteiger charge is 2.11. The van der Waals surface area contributed by atoms with Crippen molar-refractivity contribution in [1.29, 1.82) is 0 Å². The summed E-state index contributed by atoms with van der Waals surface area (Å²) in [6, 6.07) is 0. The summed E-state index contributed by atoms with van der Waals surface area (Å²) in [5.41, 5.74) is 0. The van der Waals surface area contributed by atoms with E-state index in [0.29, 0.717) is 0 Å². The molecular weight excluding hydrogens is 288 g/mol. The first-order valence-corrected chi connectivity index (χ1v) is 11.5. The van der Waals surface area contributed by atoms with Gasteiger partial charge in [-0.25, -0.2) is 0 Å². The molecule has 0 heterocycles. The Morgan fingerprint density at radius 1 is 0.542 bits per heavy atom. The Kier molecular flexibility index (Phi) is 19.3. The standard InChI is InChI=1S/C24H49/c1-5-7-9-10-11-12-13-14-15-16-17-18-19-20-22-24(4)23(3)21-8-6-2/h24H,5-22H2,1-4H3. The zero-order valence-electron chi connectivity index (χ0n) is 17.8. The van der Waals surface area contributed by atoms with Gasteiger partial charge >= 0.3 is 0 Å². The molecule has 0 spiro atoms. The van der Waals surface area contributed by atoms with Crippen LogP contribution in [0.25, 0.3) is 0 Å². The lowest BCUT2D eigenvalue weighted by atomic mass is 9.87. The Bertz CT molecular complexity index is 220. The van der Waals surface area contributed by atoms with Crippen LogP contribution in [0.2, 0.25) is 0 Å². The van der Waals surface area contributed by atoms with Crippen LogP contribution in [0.15, 0.2) is 0 Å². The highest BCUT2D eigenvalue weighted by molar-refractivity contribution is 4.89. The van der Waals surface area contributed by atoms with E-state index in [1.165, 1.54) is 116 Å². The van der Waals surface area contributed by atoms with Crippen LogP contribution in [0.1, 0.15) is 143 Å². The Hall–Kier alpha value is 0. The van der Waals surface area contributed by atoms with Gasteiger partial charge < -0.3 is 0 Å². The van der Waals surface area contributed by atoms with Gasteiger partial charge in [-0.2, -0.15) is 0 Å². The van der Waals surface area contributed by atoms with E-state index in [4.69, 9.17) is 0 Å². The monoisotopic (exact) mass is 337 g/mol. The van der Waals surface area contributed by atoms with Crippen molar-refractivity contribution in [1.82, 2.24) is 0 Å². The zero-order chi connectivity index (χ0) is 17.9. The van der Waals surface area contributed by atoms with E-state index in [9.17, 15) is 0 Å². The molecule has 0 amide bonds. The number of hydrogen-bond acceptors (Lipinski definition) is 0. The van der Waals surface area contributed by atoms with Gasteiger partial charge in [-0.05, 0) is 18.3 Å². The third-order valence-electron chi connectivity index (χ3n) is 5.76. The van der Waals surface area contributed by atoms with Crippen LogP contribution in [-0.4, -0.2) is 0 Å². The second kappa shape index (κ2) is 19.3. The van der Waals surface area contributed by atoms with E-state index in [1.54, 1.807) is 5.92 Å². The minimum atomic E-state index is 0.855. The SMILES string of the molecule is CCCCCCCCCCCCCCCCC(C)[C](C)CCCC. The molecule has 0 aliphatic carbocycles. The smallest absolute Gasteiger partial charge is 0.0244 e. The van der Waals surface area contributed by atoms with Crippen molar-refractivity contribution in [2.75, 3.05) is 0 Å². The summed E-state index contributed by atoms with van der Waals surface area (Å²) in [6.45, 7) is 9.41. The van der Waals surface area contributed by atoms with Gasteiger partial charge in [0.15, 0.2) is 0 Å². The maximum atomic E-state index is 2.44. The molecule has 0 aromatic carbocycles. The van der Waals surface area contributed by atoms with E-state index in [0.717, 1.165) is 5.92 Å². The highest BCUT2D eigenvalue weighted by Crippen LogP contribution is 2.25. The molecule has 0 aromatic rings. The second-order valence-corrected chi connectivity index (χ2v) is 8.24. The summed E-state index contributed by atoms with van der Waals surface area (Å²) in [6.07, 6.45) is 26.0. The van der Waals surface area contributed by atoms with Crippen molar-refractivity contribution < 1.29 is 0 Å². The first kappa shape index (κ1) is 24.0. The van der Waals surface area contributed by atoms with Crippen LogP contribution in [0.5, 0.6) is 0 Å². The van der Waals surface area contributed by atoms with Crippen LogP contribution < -0.4 is 0 Å². The normalized spacial score (nSPS) is 12.9. The van der Waals surface area contributed by atoms with Gasteiger partial charge in [-0.3, -0.25) is 0 Å². The fourth-order valence-corrected chi connectivity index (χ4v) is 3.59. The molecule has 1 unspecified atom stereocenters. The van der Waals surface area contributed by atoms with E-state index in [-0.39, 0.29) is 0 Å². The third kappa shape index (κ3) is 16.8. The van der Waals surface area contributed by atoms with Gasteiger partial charge in [0.05, 0.1) is 0 Å². The van der Waals surface area contributed by atoms with Gasteiger partial charge in [0.1, 0.15) is 0 Å². The second-order valence-electron chi connectivity index (χ2n) is 8.24. The average Bonchev–Trinajstić information content (AvgIpc) is 2.59. The number of rotatable bonds is 19. The Labute approximate surface area is 155 Å². The van der Waals surface area contributed by atoms with Crippen molar-refractivity contribution in [2.24, 2.45) is 5.92 Å². The van der Waals surface area contributed by atoms with Crippen LogP contribution in [0.3, 0.4) is 0 Å². The predicted octanol–water partition coefficient (Wildman–Crippen LogP) is 9.28. The maximum Gasteiger partial charge on any atom is -0.0244 e. The number of hydrogen-bond donors (Lipinski definition) is 0. The first-order valence-electron chi connectivity index (χ1n) is 11.5. The maximum absolute atomic E-state index is 2.44. The summed E-state index contributed by atoms with van der Waals surface area (Å²) in [5, 5.41) is 0. The summed E-state index contributed by atoms with van der Waals surface area (Å²) >= 11 is 0. The summed E-state index contributed by atoms with van der Waals surface area (Å²) in [5.74, 6) is 2.60. The van der Waals surface area contributed by atoms with Gasteiger partial charge in [0.2, 0.25) is 0 Å². The molecule has 24 heavy (non-hydrogen) atoms. The third-order valence-corrected chi connectivity index (χ3v) is 5.76. The molecule has 0 aliphatic rings. The molecule has 145 valence electrons. The molecule has 0 bridgehead atoms. The van der Waals surface area contributed by atoms with Crippen LogP contribution in [-0.2, 0) is 0 Å². The van der Waals surface area contributed by atoms with Crippen LogP contribution in [0, 0.1) is 11.8 Å². The van der Waals surface area contributed by atoms with Crippen molar-refractivity contribution >= 4 is 0 Å². The predicted molar refractivity (Wildman–Crippen MR) is 113 cm³/mol. The minimum Gasteiger partial charge on any atom is -0.0654 e.